The molecule has 0 saturated carbocycles. The van der Waals surface area contributed by atoms with E-state index >= 15 is 0 Å². The Morgan fingerprint density at radius 1 is 1.17 bits per heavy atom. The van der Waals surface area contributed by atoms with Gasteiger partial charge in [-0.1, -0.05) is 47.1 Å². The van der Waals surface area contributed by atoms with E-state index in [2.05, 4.69) is 15.5 Å². The Hall–Kier alpha value is -3.15. The van der Waals surface area contributed by atoms with E-state index in [4.69, 9.17) is 10.3 Å². The molecule has 0 spiro atoms. The van der Waals surface area contributed by atoms with Crippen molar-refractivity contribution in [3.8, 4) is 11.4 Å². The maximum absolute atomic E-state index is 11.4. The number of hydrogen-bond donors (Lipinski definition) is 2. The molecule has 0 saturated heterocycles. The van der Waals surface area contributed by atoms with Crippen LogP contribution in [-0.2, 0) is 6.54 Å². The van der Waals surface area contributed by atoms with Gasteiger partial charge in [-0.15, -0.1) is 0 Å². The van der Waals surface area contributed by atoms with Gasteiger partial charge in [-0.25, -0.2) is 0 Å². The first-order valence-corrected chi connectivity index (χ1v) is 7.16. The van der Waals surface area contributed by atoms with Crippen molar-refractivity contribution in [3.05, 3.63) is 65.5 Å². The van der Waals surface area contributed by atoms with Crippen LogP contribution in [0.4, 0.5) is 5.69 Å². The van der Waals surface area contributed by atoms with Gasteiger partial charge in [0, 0.05) is 11.3 Å². The molecule has 0 aliphatic rings. The van der Waals surface area contributed by atoms with Crippen molar-refractivity contribution in [3.63, 3.8) is 0 Å². The second-order valence-corrected chi connectivity index (χ2v) is 5.14. The largest absolute Gasteiger partial charge is 0.375 e. The lowest BCUT2D eigenvalue weighted by molar-refractivity contribution is 0.100. The summed E-state index contributed by atoms with van der Waals surface area (Å²) in [6.07, 6.45) is 0. The molecule has 3 N–H and O–H groups in total. The lowest BCUT2D eigenvalue weighted by Gasteiger charge is -2.07. The monoisotopic (exact) mass is 308 g/mol. The molecule has 0 unspecified atom stereocenters. The number of primary amides is 1. The molecule has 6 heteroatoms. The van der Waals surface area contributed by atoms with Crippen LogP contribution in [0, 0.1) is 6.92 Å². The number of aromatic nitrogens is 2. The smallest absolute Gasteiger partial charge is 0.250 e. The topological polar surface area (TPSA) is 94.0 Å². The van der Waals surface area contributed by atoms with Gasteiger partial charge in [0.25, 0.3) is 5.91 Å². The van der Waals surface area contributed by atoms with Gasteiger partial charge in [0.05, 0.1) is 12.1 Å². The molecule has 1 heterocycles. The van der Waals surface area contributed by atoms with Crippen LogP contribution in [-0.4, -0.2) is 16.0 Å². The molecular weight excluding hydrogens is 292 g/mol. The molecular formula is C17H16N4O2. The molecule has 0 aliphatic heterocycles. The van der Waals surface area contributed by atoms with Crippen LogP contribution in [0.1, 0.15) is 21.8 Å². The number of amides is 1. The average molecular weight is 308 g/mol. The van der Waals surface area contributed by atoms with E-state index in [0.29, 0.717) is 29.5 Å². The number of nitrogens with zero attached hydrogens (tertiary/aromatic N) is 2. The van der Waals surface area contributed by atoms with Crippen LogP contribution in [0.5, 0.6) is 0 Å². The first kappa shape index (κ1) is 14.8. The summed E-state index contributed by atoms with van der Waals surface area (Å²) >= 11 is 0. The molecule has 2 aromatic carbocycles. The van der Waals surface area contributed by atoms with Crippen LogP contribution < -0.4 is 11.1 Å². The fourth-order valence-electron chi connectivity index (χ4n) is 2.17. The minimum Gasteiger partial charge on any atom is -0.375 e. The summed E-state index contributed by atoms with van der Waals surface area (Å²) in [5.74, 6) is 0.476. The van der Waals surface area contributed by atoms with E-state index in [9.17, 15) is 4.79 Å². The lowest BCUT2D eigenvalue weighted by atomic mass is 10.1. The molecule has 0 atom stereocenters. The number of carbonyl (C=O) groups is 1. The molecule has 1 amide bonds. The van der Waals surface area contributed by atoms with Crippen LogP contribution in [0.15, 0.2) is 53.1 Å². The summed E-state index contributed by atoms with van der Waals surface area (Å²) in [5, 5.41) is 7.06. The highest BCUT2D eigenvalue weighted by molar-refractivity contribution is 5.98. The van der Waals surface area contributed by atoms with Crippen molar-refractivity contribution in [1.82, 2.24) is 10.1 Å². The first-order valence-electron chi connectivity index (χ1n) is 7.16. The summed E-state index contributed by atoms with van der Waals surface area (Å²) in [5.41, 5.74) is 8.46. The highest BCUT2D eigenvalue weighted by atomic mass is 16.5. The number of hydrogen-bond acceptors (Lipinski definition) is 5. The SMILES string of the molecule is Cc1ccc(-c2noc(CNc3ccccc3C(N)=O)n2)cc1. The Kier molecular flexibility index (Phi) is 4.05. The van der Waals surface area contributed by atoms with E-state index in [1.807, 2.05) is 37.3 Å². The summed E-state index contributed by atoms with van der Waals surface area (Å²) in [6, 6.07) is 14.9. The van der Waals surface area contributed by atoms with Crippen molar-refractivity contribution < 1.29 is 9.32 Å². The van der Waals surface area contributed by atoms with Crippen LogP contribution >= 0.6 is 0 Å². The van der Waals surface area contributed by atoms with E-state index in [1.165, 1.54) is 5.56 Å². The third kappa shape index (κ3) is 3.37. The molecule has 1 aromatic heterocycles. The number of carbonyl (C=O) groups excluding carboxylic acids is 1. The molecule has 3 rings (SSSR count). The van der Waals surface area contributed by atoms with E-state index < -0.39 is 5.91 Å². The standard InChI is InChI=1S/C17H16N4O2/c1-11-6-8-12(9-7-11)17-20-15(23-21-17)10-19-14-5-3-2-4-13(14)16(18)22/h2-9,19H,10H2,1H3,(H2,18,22). The number of aryl methyl sites for hydroxylation is 1. The quantitative estimate of drug-likeness (QED) is 0.756. The predicted molar refractivity (Wildman–Crippen MR) is 86.8 cm³/mol. The molecule has 6 nitrogen and oxygen atoms in total. The maximum atomic E-state index is 11.4. The molecule has 23 heavy (non-hydrogen) atoms. The minimum atomic E-state index is -0.487. The van der Waals surface area contributed by atoms with Crippen LogP contribution in [0.25, 0.3) is 11.4 Å². The number of nitrogens with one attached hydrogen (secondary N) is 1. The molecule has 0 aliphatic carbocycles. The van der Waals surface area contributed by atoms with E-state index in [-0.39, 0.29) is 0 Å². The third-order valence-corrected chi connectivity index (χ3v) is 3.40. The van der Waals surface area contributed by atoms with Crippen molar-refractivity contribution in [2.24, 2.45) is 5.73 Å². The summed E-state index contributed by atoms with van der Waals surface area (Å²) in [7, 11) is 0. The Morgan fingerprint density at radius 2 is 1.91 bits per heavy atom. The first-order chi connectivity index (χ1) is 11.1. The van der Waals surface area contributed by atoms with Gasteiger partial charge in [-0.05, 0) is 19.1 Å². The fourth-order valence-corrected chi connectivity index (χ4v) is 2.17. The van der Waals surface area contributed by atoms with Crippen molar-refractivity contribution >= 4 is 11.6 Å². The van der Waals surface area contributed by atoms with Crippen molar-refractivity contribution in [1.29, 1.82) is 0 Å². The molecule has 3 aromatic rings. The minimum absolute atomic E-state index is 0.309. The second kappa shape index (κ2) is 6.31. The van der Waals surface area contributed by atoms with Crippen LogP contribution in [0.2, 0.25) is 0 Å². The van der Waals surface area contributed by atoms with Gasteiger partial charge in [0.2, 0.25) is 11.7 Å². The van der Waals surface area contributed by atoms with Crippen LogP contribution in [0.3, 0.4) is 0 Å². The third-order valence-electron chi connectivity index (χ3n) is 3.40. The van der Waals surface area contributed by atoms with Gasteiger partial charge in [-0.3, -0.25) is 4.79 Å². The highest BCUT2D eigenvalue weighted by Crippen LogP contribution is 2.18. The number of nitrogens with two attached hydrogens (primary N) is 1. The molecule has 0 radical (unpaired) electrons. The van der Waals surface area contributed by atoms with E-state index in [0.717, 1.165) is 5.56 Å². The Bertz CT molecular complexity index is 825. The zero-order valence-corrected chi connectivity index (χ0v) is 12.6. The van der Waals surface area contributed by atoms with Crippen molar-refractivity contribution in [2.45, 2.75) is 13.5 Å². The Labute approximate surface area is 133 Å². The lowest BCUT2D eigenvalue weighted by Crippen LogP contribution is -2.14. The number of benzene rings is 2. The average Bonchev–Trinajstić information content (AvgIpc) is 3.03. The predicted octanol–water partition coefficient (Wildman–Crippen LogP) is 2.76. The van der Waals surface area contributed by atoms with Gasteiger partial charge in [0.1, 0.15) is 0 Å². The molecule has 116 valence electrons. The molecule has 0 bridgehead atoms. The van der Waals surface area contributed by atoms with Gasteiger partial charge >= 0.3 is 0 Å². The van der Waals surface area contributed by atoms with Gasteiger partial charge in [0.15, 0.2) is 0 Å². The zero-order chi connectivity index (χ0) is 16.2. The second-order valence-electron chi connectivity index (χ2n) is 5.14. The normalized spacial score (nSPS) is 10.5. The molecule has 0 fully saturated rings. The maximum Gasteiger partial charge on any atom is 0.250 e. The van der Waals surface area contributed by atoms with E-state index in [1.54, 1.807) is 18.2 Å². The number of rotatable bonds is 5. The highest BCUT2D eigenvalue weighted by Gasteiger charge is 2.10. The summed E-state index contributed by atoms with van der Waals surface area (Å²) in [6.45, 7) is 2.33. The fraction of sp³-hybridized carbons (Fsp3) is 0.118. The Balaban J connectivity index is 1.73. The number of para-hydroxylation sites is 1. The summed E-state index contributed by atoms with van der Waals surface area (Å²) < 4.78 is 5.23. The zero-order valence-electron chi connectivity index (χ0n) is 12.6. The van der Waals surface area contributed by atoms with Gasteiger partial charge < -0.3 is 15.6 Å². The van der Waals surface area contributed by atoms with Gasteiger partial charge in [-0.2, -0.15) is 4.98 Å². The number of anilines is 1. The van der Waals surface area contributed by atoms with Crippen molar-refractivity contribution in [2.75, 3.05) is 5.32 Å². The summed E-state index contributed by atoms with van der Waals surface area (Å²) in [4.78, 5) is 15.7. The Morgan fingerprint density at radius 3 is 2.65 bits per heavy atom.